The fourth-order valence-electron chi connectivity index (χ4n) is 1.62. The first kappa shape index (κ1) is 12.6. The molecule has 2 rings (SSSR count). The molecule has 1 aromatic carbocycles. The molecule has 0 radical (unpaired) electrons. The van der Waals surface area contributed by atoms with Gasteiger partial charge in [0.1, 0.15) is 10.7 Å². The first-order valence-corrected chi connectivity index (χ1v) is 6.25. The Hall–Kier alpha value is -1.88. The SMILES string of the molecule is Cc1ccc(NCc2ccsc2C(=O)O)c(F)c1. The van der Waals surface area contributed by atoms with Crippen LogP contribution in [0.1, 0.15) is 20.8 Å². The van der Waals surface area contributed by atoms with Crippen molar-refractivity contribution in [2.75, 3.05) is 5.32 Å². The topological polar surface area (TPSA) is 49.3 Å². The molecule has 0 spiro atoms. The molecule has 3 nitrogen and oxygen atoms in total. The number of rotatable bonds is 4. The van der Waals surface area contributed by atoms with Gasteiger partial charge >= 0.3 is 5.97 Å². The van der Waals surface area contributed by atoms with E-state index in [-0.39, 0.29) is 10.7 Å². The standard InChI is InChI=1S/C13H12FNO2S/c1-8-2-3-11(10(14)6-8)15-7-9-4-5-18-12(9)13(16)17/h2-6,15H,7H2,1H3,(H,16,17). The number of hydrogen-bond acceptors (Lipinski definition) is 3. The number of carboxylic acid groups (broad SMARTS) is 1. The van der Waals surface area contributed by atoms with Crippen molar-refractivity contribution >= 4 is 23.0 Å². The van der Waals surface area contributed by atoms with Crippen LogP contribution in [0.5, 0.6) is 0 Å². The summed E-state index contributed by atoms with van der Waals surface area (Å²) < 4.78 is 13.6. The molecule has 18 heavy (non-hydrogen) atoms. The third kappa shape index (κ3) is 2.68. The summed E-state index contributed by atoms with van der Waals surface area (Å²) in [6, 6.07) is 6.62. The summed E-state index contributed by atoms with van der Waals surface area (Å²) in [6.07, 6.45) is 0. The molecule has 0 fully saturated rings. The lowest BCUT2D eigenvalue weighted by molar-refractivity contribution is 0.0701. The van der Waals surface area contributed by atoms with Crippen LogP contribution in [-0.4, -0.2) is 11.1 Å². The summed E-state index contributed by atoms with van der Waals surface area (Å²) in [7, 11) is 0. The first-order chi connectivity index (χ1) is 8.58. The van der Waals surface area contributed by atoms with Crippen LogP contribution in [0.4, 0.5) is 10.1 Å². The smallest absolute Gasteiger partial charge is 0.346 e. The molecule has 1 aromatic heterocycles. The van der Waals surface area contributed by atoms with Gasteiger partial charge in [0.2, 0.25) is 0 Å². The van der Waals surface area contributed by atoms with Crippen LogP contribution < -0.4 is 5.32 Å². The number of aryl methyl sites for hydroxylation is 1. The van der Waals surface area contributed by atoms with Gasteiger partial charge < -0.3 is 10.4 Å². The molecule has 0 aliphatic heterocycles. The fourth-order valence-corrected chi connectivity index (χ4v) is 2.38. The van der Waals surface area contributed by atoms with E-state index >= 15 is 0 Å². The molecular weight excluding hydrogens is 253 g/mol. The highest BCUT2D eigenvalue weighted by atomic mass is 32.1. The highest BCUT2D eigenvalue weighted by molar-refractivity contribution is 7.12. The Bertz CT molecular complexity index is 580. The molecule has 2 N–H and O–H groups in total. The molecule has 0 amide bonds. The lowest BCUT2D eigenvalue weighted by Crippen LogP contribution is -2.05. The molecule has 1 heterocycles. The minimum Gasteiger partial charge on any atom is -0.477 e. The average Bonchev–Trinajstić information content (AvgIpc) is 2.76. The van der Waals surface area contributed by atoms with E-state index < -0.39 is 5.97 Å². The van der Waals surface area contributed by atoms with Gasteiger partial charge in [0.25, 0.3) is 0 Å². The number of benzene rings is 1. The molecule has 0 bridgehead atoms. The molecule has 0 aliphatic rings. The summed E-state index contributed by atoms with van der Waals surface area (Å²) in [5, 5.41) is 13.6. The van der Waals surface area contributed by atoms with E-state index in [1.807, 2.05) is 6.92 Å². The largest absolute Gasteiger partial charge is 0.477 e. The summed E-state index contributed by atoms with van der Waals surface area (Å²) >= 11 is 1.17. The molecule has 94 valence electrons. The van der Waals surface area contributed by atoms with Gasteiger partial charge in [0, 0.05) is 6.54 Å². The van der Waals surface area contributed by atoms with Crippen molar-refractivity contribution in [3.05, 3.63) is 51.5 Å². The van der Waals surface area contributed by atoms with Gasteiger partial charge in [-0.25, -0.2) is 9.18 Å². The number of carboxylic acids is 1. The second kappa shape index (κ2) is 5.18. The molecule has 0 atom stereocenters. The summed E-state index contributed by atoms with van der Waals surface area (Å²) in [5.41, 5.74) is 1.88. The predicted octanol–water partition coefficient (Wildman–Crippen LogP) is 3.51. The normalized spacial score (nSPS) is 10.3. The van der Waals surface area contributed by atoms with Crippen LogP contribution in [0.15, 0.2) is 29.6 Å². The van der Waals surface area contributed by atoms with E-state index in [1.54, 1.807) is 23.6 Å². The second-order valence-electron chi connectivity index (χ2n) is 3.92. The number of hydrogen-bond donors (Lipinski definition) is 2. The highest BCUT2D eigenvalue weighted by Gasteiger charge is 2.11. The summed E-state index contributed by atoms with van der Waals surface area (Å²) in [5.74, 6) is -1.28. The summed E-state index contributed by atoms with van der Waals surface area (Å²) in [4.78, 5) is 11.2. The molecule has 0 saturated carbocycles. The lowest BCUT2D eigenvalue weighted by Gasteiger charge is -2.07. The third-order valence-electron chi connectivity index (χ3n) is 2.53. The van der Waals surface area contributed by atoms with E-state index in [0.717, 1.165) is 5.56 Å². The van der Waals surface area contributed by atoms with Crippen molar-refractivity contribution in [3.63, 3.8) is 0 Å². The van der Waals surface area contributed by atoms with Crippen molar-refractivity contribution in [2.45, 2.75) is 13.5 Å². The van der Waals surface area contributed by atoms with Crippen LogP contribution >= 0.6 is 11.3 Å². The number of halogens is 1. The van der Waals surface area contributed by atoms with E-state index in [2.05, 4.69) is 5.32 Å². The monoisotopic (exact) mass is 265 g/mol. The molecule has 0 aliphatic carbocycles. The zero-order valence-electron chi connectivity index (χ0n) is 9.74. The Morgan fingerprint density at radius 2 is 2.22 bits per heavy atom. The van der Waals surface area contributed by atoms with Crippen molar-refractivity contribution < 1.29 is 14.3 Å². The van der Waals surface area contributed by atoms with E-state index in [4.69, 9.17) is 5.11 Å². The van der Waals surface area contributed by atoms with E-state index in [9.17, 15) is 9.18 Å². The van der Waals surface area contributed by atoms with Gasteiger partial charge in [0.05, 0.1) is 5.69 Å². The quantitative estimate of drug-likeness (QED) is 0.889. The van der Waals surface area contributed by atoms with E-state index in [1.165, 1.54) is 17.4 Å². The number of anilines is 1. The van der Waals surface area contributed by atoms with Crippen LogP contribution in [0.2, 0.25) is 0 Å². The maximum absolute atomic E-state index is 13.6. The maximum atomic E-state index is 13.6. The molecular formula is C13H12FNO2S. The predicted molar refractivity (Wildman–Crippen MR) is 69.7 cm³/mol. The maximum Gasteiger partial charge on any atom is 0.346 e. The summed E-state index contributed by atoms with van der Waals surface area (Å²) in [6.45, 7) is 2.11. The number of nitrogens with one attached hydrogen (secondary N) is 1. The van der Waals surface area contributed by atoms with Crippen molar-refractivity contribution in [3.8, 4) is 0 Å². The minimum atomic E-state index is -0.953. The number of carbonyl (C=O) groups is 1. The Labute approximate surface area is 108 Å². The fraction of sp³-hybridized carbons (Fsp3) is 0.154. The Balaban J connectivity index is 2.11. The zero-order valence-corrected chi connectivity index (χ0v) is 10.6. The zero-order chi connectivity index (χ0) is 13.1. The molecule has 0 saturated heterocycles. The molecule has 2 aromatic rings. The Morgan fingerprint density at radius 3 is 2.89 bits per heavy atom. The van der Waals surface area contributed by atoms with Crippen LogP contribution in [0.25, 0.3) is 0 Å². The highest BCUT2D eigenvalue weighted by Crippen LogP contribution is 2.20. The van der Waals surface area contributed by atoms with Crippen LogP contribution in [-0.2, 0) is 6.54 Å². The van der Waals surface area contributed by atoms with Gasteiger partial charge in [0.15, 0.2) is 0 Å². The minimum absolute atomic E-state index is 0.287. The number of thiophene rings is 1. The van der Waals surface area contributed by atoms with Gasteiger partial charge in [-0.15, -0.1) is 11.3 Å². The first-order valence-electron chi connectivity index (χ1n) is 5.37. The number of aromatic carboxylic acids is 1. The molecule has 5 heteroatoms. The van der Waals surface area contributed by atoms with Crippen molar-refractivity contribution in [2.24, 2.45) is 0 Å². The van der Waals surface area contributed by atoms with Crippen LogP contribution in [0.3, 0.4) is 0 Å². The van der Waals surface area contributed by atoms with Gasteiger partial charge in [-0.3, -0.25) is 0 Å². The third-order valence-corrected chi connectivity index (χ3v) is 3.48. The van der Waals surface area contributed by atoms with Crippen molar-refractivity contribution in [1.82, 2.24) is 0 Å². The molecule has 0 unspecified atom stereocenters. The van der Waals surface area contributed by atoms with E-state index in [0.29, 0.717) is 17.8 Å². The van der Waals surface area contributed by atoms with Crippen LogP contribution in [0, 0.1) is 12.7 Å². The van der Waals surface area contributed by atoms with Gasteiger partial charge in [-0.1, -0.05) is 6.07 Å². The van der Waals surface area contributed by atoms with Gasteiger partial charge in [-0.2, -0.15) is 0 Å². The van der Waals surface area contributed by atoms with Crippen molar-refractivity contribution in [1.29, 1.82) is 0 Å². The second-order valence-corrected chi connectivity index (χ2v) is 4.83. The lowest BCUT2D eigenvalue weighted by atomic mass is 10.2. The Kier molecular flexibility index (Phi) is 3.62. The van der Waals surface area contributed by atoms with Gasteiger partial charge in [-0.05, 0) is 41.6 Å². The average molecular weight is 265 g/mol. The Morgan fingerprint density at radius 1 is 1.44 bits per heavy atom.